The Morgan fingerprint density at radius 2 is 2.00 bits per heavy atom. The van der Waals surface area contributed by atoms with Gasteiger partial charge in [0.15, 0.2) is 5.52 Å². The molecule has 3 rings (SSSR count). The molecule has 2 heterocycles. The first-order valence-electron chi connectivity index (χ1n) is 7.76. The third kappa shape index (κ3) is 2.35. The van der Waals surface area contributed by atoms with E-state index < -0.39 is 0 Å². The van der Waals surface area contributed by atoms with Crippen molar-refractivity contribution in [1.29, 1.82) is 0 Å². The third-order valence-corrected chi connectivity index (χ3v) is 3.91. The first-order chi connectivity index (χ1) is 10.3. The summed E-state index contributed by atoms with van der Waals surface area (Å²) < 4.78 is 3.23. The number of para-hydroxylation sites is 1. The van der Waals surface area contributed by atoms with Gasteiger partial charge in [0.2, 0.25) is 11.7 Å². The van der Waals surface area contributed by atoms with Gasteiger partial charge in [0.25, 0.3) is 0 Å². The molecule has 0 aliphatic rings. The van der Waals surface area contributed by atoms with Crippen LogP contribution < -0.4 is 4.73 Å². The molecule has 110 valence electrons. The van der Waals surface area contributed by atoms with E-state index in [2.05, 4.69) is 18.4 Å². The SMILES string of the molecule is CCCCc1nc2c[n+]([O-])c3ccccc3c2n1CCC. The number of aromatic nitrogens is 3. The first kappa shape index (κ1) is 13.9. The summed E-state index contributed by atoms with van der Waals surface area (Å²) in [4.78, 5) is 4.72. The van der Waals surface area contributed by atoms with Gasteiger partial charge in [0.05, 0.1) is 10.9 Å². The number of hydrogen-bond acceptors (Lipinski definition) is 2. The van der Waals surface area contributed by atoms with Crippen LogP contribution in [-0.2, 0) is 13.0 Å². The number of aryl methyl sites for hydroxylation is 2. The van der Waals surface area contributed by atoms with E-state index in [1.54, 1.807) is 6.20 Å². The molecule has 0 saturated carbocycles. The molecule has 0 radical (unpaired) electrons. The predicted molar refractivity (Wildman–Crippen MR) is 85.1 cm³/mol. The number of benzene rings is 1. The summed E-state index contributed by atoms with van der Waals surface area (Å²) in [6.07, 6.45) is 5.92. The minimum absolute atomic E-state index is 0.712. The molecular formula is C17H21N3O. The number of fused-ring (bicyclic) bond motifs is 3. The zero-order valence-electron chi connectivity index (χ0n) is 12.7. The Morgan fingerprint density at radius 3 is 2.76 bits per heavy atom. The number of nitrogens with zero attached hydrogens (tertiary/aromatic N) is 3. The Hall–Kier alpha value is -2.10. The number of unbranched alkanes of at least 4 members (excludes halogenated alkanes) is 1. The topological polar surface area (TPSA) is 44.8 Å². The Labute approximate surface area is 124 Å². The third-order valence-electron chi connectivity index (χ3n) is 3.91. The van der Waals surface area contributed by atoms with Crippen molar-refractivity contribution in [3.8, 4) is 0 Å². The molecule has 0 bridgehead atoms. The molecule has 3 aromatic rings. The van der Waals surface area contributed by atoms with E-state index in [0.29, 0.717) is 5.52 Å². The highest BCUT2D eigenvalue weighted by Crippen LogP contribution is 2.24. The van der Waals surface area contributed by atoms with Crippen LogP contribution in [0.25, 0.3) is 21.9 Å². The van der Waals surface area contributed by atoms with E-state index in [-0.39, 0.29) is 0 Å². The normalized spacial score (nSPS) is 11.5. The summed E-state index contributed by atoms with van der Waals surface area (Å²) in [5, 5.41) is 13.1. The molecule has 21 heavy (non-hydrogen) atoms. The van der Waals surface area contributed by atoms with Gasteiger partial charge < -0.3 is 9.77 Å². The molecule has 4 nitrogen and oxygen atoms in total. The second-order valence-corrected chi connectivity index (χ2v) is 5.49. The molecule has 0 unspecified atom stereocenters. The lowest BCUT2D eigenvalue weighted by molar-refractivity contribution is -0.575. The van der Waals surface area contributed by atoms with E-state index in [0.717, 1.165) is 59.2 Å². The standard InChI is InChI=1S/C17H21N3O/c1-3-5-10-16-18-14-12-20(21)15-9-7-6-8-13(15)17(14)19(16)11-4-2/h6-9,12H,3-5,10-11H2,1-2H3. The average Bonchev–Trinajstić information content (AvgIpc) is 2.83. The van der Waals surface area contributed by atoms with Gasteiger partial charge in [-0.2, -0.15) is 4.73 Å². The molecule has 0 saturated heterocycles. The Kier molecular flexibility index (Phi) is 3.78. The van der Waals surface area contributed by atoms with Crippen molar-refractivity contribution in [3.63, 3.8) is 0 Å². The monoisotopic (exact) mass is 283 g/mol. The number of rotatable bonds is 5. The van der Waals surface area contributed by atoms with Gasteiger partial charge in [-0.3, -0.25) is 0 Å². The van der Waals surface area contributed by atoms with E-state index in [4.69, 9.17) is 4.98 Å². The second-order valence-electron chi connectivity index (χ2n) is 5.49. The smallest absolute Gasteiger partial charge is 0.226 e. The Bertz CT molecular complexity index is 776. The average molecular weight is 283 g/mol. The molecular weight excluding hydrogens is 262 g/mol. The van der Waals surface area contributed by atoms with Gasteiger partial charge >= 0.3 is 0 Å². The zero-order valence-corrected chi connectivity index (χ0v) is 12.7. The van der Waals surface area contributed by atoms with Gasteiger partial charge in [0.1, 0.15) is 5.82 Å². The molecule has 2 aromatic heterocycles. The van der Waals surface area contributed by atoms with Crippen molar-refractivity contribution in [2.24, 2.45) is 0 Å². The molecule has 0 fully saturated rings. The lowest BCUT2D eigenvalue weighted by Gasteiger charge is -2.09. The van der Waals surface area contributed by atoms with E-state index >= 15 is 0 Å². The highest BCUT2D eigenvalue weighted by molar-refractivity contribution is 6.00. The minimum Gasteiger partial charge on any atom is -0.618 e. The highest BCUT2D eigenvalue weighted by Gasteiger charge is 2.17. The summed E-state index contributed by atoms with van der Waals surface area (Å²) in [7, 11) is 0. The number of pyridine rings is 1. The summed E-state index contributed by atoms with van der Waals surface area (Å²) in [6, 6.07) is 7.78. The summed E-state index contributed by atoms with van der Waals surface area (Å²) in [6.45, 7) is 5.31. The molecule has 0 amide bonds. The molecule has 1 aromatic carbocycles. The van der Waals surface area contributed by atoms with Crippen LogP contribution >= 0.6 is 0 Å². The molecule has 0 aliphatic carbocycles. The van der Waals surface area contributed by atoms with Gasteiger partial charge in [-0.25, -0.2) is 4.98 Å². The van der Waals surface area contributed by atoms with Crippen molar-refractivity contribution in [2.75, 3.05) is 0 Å². The predicted octanol–water partition coefficient (Wildman–Crippen LogP) is 3.58. The fraction of sp³-hybridized carbons (Fsp3) is 0.412. The summed E-state index contributed by atoms with van der Waals surface area (Å²) >= 11 is 0. The highest BCUT2D eigenvalue weighted by atomic mass is 16.5. The van der Waals surface area contributed by atoms with Crippen LogP contribution in [0.4, 0.5) is 0 Å². The lowest BCUT2D eigenvalue weighted by Crippen LogP contribution is -2.26. The molecule has 0 spiro atoms. The van der Waals surface area contributed by atoms with Crippen molar-refractivity contribution in [3.05, 3.63) is 41.5 Å². The largest absolute Gasteiger partial charge is 0.618 e. The zero-order chi connectivity index (χ0) is 14.8. The summed E-state index contributed by atoms with van der Waals surface area (Å²) in [5.41, 5.74) is 2.62. The van der Waals surface area contributed by atoms with Crippen molar-refractivity contribution in [2.45, 2.75) is 46.1 Å². The van der Waals surface area contributed by atoms with Crippen LogP contribution in [0.1, 0.15) is 38.9 Å². The van der Waals surface area contributed by atoms with Crippen molar-refractivity contribution >= 4 is 21.9 Å². The Balaban J connectivity index is 2.31. The fourth-order valence-electron chi connectivity index (χ4n) is 2.93. The van der Waals surface area contributed by atoms with Crippen LogP contribution in [0.5, 0.6) is 0 Å². The molecule has 0 aliphatic heterocycles. The van der Waals surface area contributed by atoms with Gasteiger partial charge in [-0.05, 0) is 18.9 Å². The van der Waals surface area contributed by atoms with Gasteiger partial charge in [-0.1, -0.05) is 32.4 Å². The fourth-order valence-corrected chi connectivity index (χ4v) is 2.93. The van der Waals surface area contributed by atoms with Crippen LogP contribution in [0, 0.1) is 5.21 Å². The van der Waals surface area contributed by atoms with Crippen molar-refractivity contribution < 1.29 is 4.73 Å². The van der Waals surface area contributed by atoms with Crippen LogP contribution in [0.15, 0.2) is 30.5 Å². The van der Waals surface area contributed by atoms with Gasteiger partial charge in [-0.15, -0.1) is 0 Å². The second kappa shape index (κ2) is 5.72. The molecule has 0 atom stereocenters. The van der Waals surface area contributed by atoms with E-state index in [9.17, 15) is 5.21 Å². The number of hydrogen-bond donors (Lipinski definition) is 0. The van der Waals surface area contributed by atoms with Gasteiger partial charge in [0, 0.05) is 19.0 Å². The first-order valence-corrected chi connectivity index (χ1v) is 7.76. The van der Waals surface area contributed by atoms with E-state index in [1.165, 1.54) is 0 Å². The maximum atomic E-state index is 12.2. The maximum Gasteiger partial charge on any atom is 0.226 e. The Morgan fingerprint density at radius 1 is 1.19 bits per heavy atom. The van der Waals surface area contributed by atoms with Crippen LogP contribution in [0.3, 0.4) is 0 Å². The minimum atomic E-state index is 0.712. The number of imidazole rings is 1. The van der Waals surface area contributed by atoms with Crippen LogP contribution in [-0.4, -0.2) is 9.55 Å². The molecule has 4 heteroatoms. The molecule has 0 N–H and O–H groups in total. The lowest BCUT2D eigenvalue weighted by atomic mass is 10.2. The summed E-state index contributed by atoms with van der Waals surface area (Å²) in [5.74, 6) is 1.10. The van der Waals surface area contributed by atoms with Crippen LogP contribution in [0.2, 0.25) is 0 Å². The van der Waals surface area contributed by atoms with Crippen molar-refractivity contribution in [1.82, 2.24) is 9.55 Å². The van der Waals surface area contributed by atoms with E-state index in [1.807, 2.05) is 24.3 Å². The quantitative estimate of drug-likeness (QED) is 0.530. The maximum absolute atomic E-state index is 12.2.